The average molecular weight is 580 g/mol. The van der Waals surface area contributed by atoms with Gasteiger partial charge < -0.3 is 15.0 Å². The number of nitrogens with zero attached hydrogens (tertiary/aromatic N) is 2. The Morgan fingerprint density at radius 2 is 1.61 bits per heavy atom. The lowest BCUT2D eigenvalue weighted by Crippen LogP contribution is -2.52. The summed E-state index contributed by atoms with van der Waals surface area (Å²) in [6, 6.07) is 20.6. The van der Waals surface area contributed by atoms with Crippen molar-refractivity contribution in [1.29, 1.82) is 0 Å². The normalized spacial score (nSPS) is 11.9. The Kier molecular flexibility index (Phi) is 11.3. The number of amides is 2. The second-order valence-electron chi connectivity index (χ2n) is 10.1. The van der Waals surface area contributed by atoms with Gasteiger partial charge in [0.15, 0.2) is 0 Å². The second kappa shape index (κ2) is 14.7. The second-order valence-corrected chi connectivity index (χ2v) is 12.0. The molecule has 1 atom stereocenters. The molecule has 2 amide bonds. The van der Waals surface area contributed by atoms with Crippen molar-refractivity contribution in [2.45, 2.75) is 57.9 Å². The maximum Gasteiger partial charge on any atom is 0.264 e. The standard InChI is InChI=1S/C32H41N3O5S/c1-6-7-20-33-32(37)26(4)34(21-19-27-11-9-8-10-12-27)31(36)23-35(29-22-25(3)15-18-30(29)40-5)41(38,39)28-16-13-24(2)14-17-28/h8-18,22,26H,6-7,19-21,23H2,1-5H3,(H,33,37)/t26-/m1/s1. The van der Waals surface area contributed by atoms with E-state index in [4.69, 9.17) is 4.74 Å². The number of benzene rings is 3. The molecule has 0 unspecified atom stereocenters. The quantitative estimate of drug-likeness (QED) is 0.275. The van der Waals surface area contributed by atoms with Crippen LogP contribution in [0.1, 0.15) is 43.4 Å². The smallest absolute Gasteiger partial charge is 0.264 e. The molecule has 0 aliphatic heterocycles. The Balaban J connectivity index is 2.02. The van der Waals surface area contributed by atoms with Crippen molar-refractivity contribution in [2.75, 3.05) is 31.0 Å². The molecular formula is C32H41N3O5S. The van der Waals surface area contributed by atoms with Gasteiger partial charge in [-0.1, -0.05) is 67.4 Å². The Labute approximate surface area is 244 Å². The zero-order valence-electron chi connectivity index (χ0n) is 24.6. The van der Waals surface area contributed by atoms with E-state index in [9.17, 15) is 18.0 Å². The van der Waals surface area contributed by atoms with Crippen LogP contribution < -0.4 is 14.4 Å². The zero-order valence-corrected chi connectivity index (χ0v) is 25.4. The Bertz CT molecular complexity index is 1410. The van der Waals surface area contributed by atoms with Crippen LogP contribution in [0.4, 0.5) is 5.69 Å². The number of nitrogens with one attached hydrogen (secondary N) is 1. The molecule has 0 spiro atoms. The maximum absolute atomic E-state index is 14.1. The van der Waals surface area contributed by atoms with Crippen LogP contribution >= 0.6 is 0 Å². The summed E-state index contributed by atoms with van der Waals surface area (Å²) in [5.74, 6) is -0.445. The molecular weight excluding hydrogens is 538 g/mol. The highest BCUT2D eigenvalue weighted by Gasteiger charge is 2.33. The van der Waals surface area contributed by atoms with Crippen LogP contribution in [0.5, 0.6) is 5.75 Å². The number of sulfonamides is 1. The molecule has 9 heteroatoms. The van der Waals surface area contributed by atoms with Crippen LogP contribution in [-0.2, 0) is 26.0 Å². The highest BCUT2D eigenvalue weighted by molar-refractivity contribution is 7.92. The van der Waals surface area contributed by atoms with E-state index in [1.807, 2.05) is 57.2 Å². The number of anilines is 1. The fraction of sp³-hybridized carbons (Fsp3) is 0.375. The van der Waals surface area contributed by atoms with E-state index in [0.29, 0.717) is 18.7 Å². The number of carbonyl (C=O) groups excluding carboxylic acids is 2. The molecule has 0 aliphatic rings. The van der Waals surface area contributed by atoms with Crippen molar-refractivity contribution in [3.63, 3.8) is 0 Å². The first-order chi connectivity index (χ1) is 19.6. The lowest BCUT2D eigenvalue weighted by Gasteiger charge is -2.32. The first-order valence-corrected chi connectivity index (χ1v) is 15.4. The number of methoxy groups -OCH3 is 1. The van der Waals surface area contributed by atoms with Crippen LogP contribution in [0.3, 0.4) is 0 Å². The van der Waals surface area contributed by atoms with Crippen LogP contribution in [0.2, 0.25) is 0 Å². The number of rotatable bonds is 14. The number of carbonyl (C=O) groups is 2. The summed E-state index contributed by atoms with van der Waals surface area (Å²) in [5, 5.41) is 2.90. The van der Waals surface area contributed by atoms with Gasteiger partial charge in [-0.25, -0.2) is 8.42 Å². The molecule has 8 nitrogen and oxygen atoms in total. The predicted octanol–water partition coefficient (Wildman–Crippen LogP) is 4.88. The number of hydrogen-bond donors (Lipinski definition) is 1. The van der Waals surface area contributed by atoms with E-state index < -0.39 is 28.5 Å². The van der Waals surface area contributed by atoms with Crippen molar-refractivity contribution in [3.8, 4) is 5.75 Å². The third kappa shape index (κ3) is 8.33. The first-order valence-electron chi connectivity index (χ1n) is 13.9. The van der Waals surface area contributed by atoms with Crippen LogP contribution in [0.15, 0.2) is 77.7 Å². The molecule has 3 rings (SSSR count). The lowest BCUT2D eigenvalue weighted by molar-refractivity contribution is -0.138. The van der Waals surface area contributed by atoms with Gasteiger partial charge in [-0.2, -0.15) is 0 Å². The average Bonchev–Trinajstić information content (AvgIpc) is 2.96. The summed E-state index contributed by atoms with van der Waals surface area (Å²) in [7, 11) is -2.71. The summed E-state index contributed by atoms with van der Waals surface area (Å²) in [6.45, 7) is 7.68. The fourth-order valence-corrected chi connectivity index (χ4v) is 5.87. The number of aryl methyl sites for hydroxylation is 2. The molecule has 1 N–H and O–H groups in total. The van der Waals surface area contributed by atoms with Gasteiger partial charge in [0.25, 0.3) is 10.0 Å². The Morgan fingerprint density at radius 3 is 2.24 bits per heavy atom. The van der Waals surface area contributed by atoms with Gasteiger partial charge in [0.2, 0.25) is 11.8 Å². The molecule has 41 heavy (non-hydrogen) atoms. The highest BCUT2D eigenvalue weighted by Crippen LogP contribution is 2.33. The Hall–Kier alpha value is -3.85. The lowest BCUT2D eigenvalue weighted by atomic mass is 10.1. The van der Waals surface area contributed by atoms with Crippen LogP contribution in [-0.4, -0.2) is 57.9 Å². The number of hydrogen-bond acceptors (Lipinski definition) is 5. The van der Waals surface area contributed by atoms with Crippen molar-refractivity contribution < 1.29 is 22.7 Å². The molecule has 0 aromatic heterocycles. The van der Waals surface area contributed by atoms with Gasteiger partial charge in [-0.3, -0.25) is 13.9 Å². The van der Waals surface area contributed by atoms with Crippen molar-refractivity contribution in [2.24, 2.45) is 0 Å². The monoisotopic (exact) mass is 579 g/mol. The molecule has 0 fully saturated rings. The van der Waals surface area contributed by atoms with Crippen LogP contribution in [0.25, 0.3) is 0 Å². The van der Waals surface area contributed by atoms with E-state index >= 15 is 0 Å². The van der Waals surface area contributed by atoms with Crippen molar-refractivity contribution >= 4 is 27.5 Å². The van der Waals surface area contributed by atoms with Gasteiger partial charge in [-0.15, -0.1) is 0 Å². The summed E-state index contributed by atoms with van der Waals surface area (Å²) < 4.78 is 34.7. The SMILES string of the molecule is CCCCNC(=O)[C@@H](C)N(CCc1ccccc1)C(=O)CN(c1cc(C)ccc1OC)S(=O)(=O)c1ccc(C)cc1. The summed E-state index contributed by atoms with van der Waals surface area (Å²) >= 11 is 0. The molecule has 0 radical (unpaired) electrons. The van der Waals surface area contributed by atoms with Gasteiger partial charge in [-0.05, 0) is 69.0 Å². The molecule has 0 saturated carbocycles. The minimum atomic E-state index is -4.17. The molecule has 0 saturated heterocycles. The number of ether oxygens (including phenoxy) is 1. The minimum Gasteiger partial charge on any atom is -0.495 e. The molecule has 0 heterocycles. The third-order valence-electron chi connectivity index (χ3n) is 6.97. The van der Waals surface area contributed by atoms with E-state index in [0.717, 1.165) is 33.8 Å². The Morgan fingerprint density at radius 1 is 0.951 bits per heavy atom. The fourth-order valence-electron chi connectivity index (χ4n) is 4.45. The molecule has 0 bridgehead atoms. The number of unbranched alkanes of at least 4 members (excludes halogenated alkanes) is 1. The van der Waals surface area contributed by atoms with Gasteiger partial charge in [0, 0.05) is 13.1 Å². The molecule has 3 aromatic carbocycles. The molecule has 3 aromatic rings. The summed E-state index contributed by atoms with van der Waals surface area (Å²) in [6.07, 6.45) is 2.26. The summed E-state index contributed by atoms with van der Waals surface area (Å²) in [5.41, 5.74) is 2.98. The largest absolute Gasteiger partial charge is 0.495 e. The van der Waals surface area contributed by atoms with E-state index in [1.165, 1.54) is 24.1 Å². The zero-order chi connectivity index (χ0) is 30.0. The van der Waals surface area contributed by atoms with Crippen LogP contribution in [0, 0.1) is 13.8 Å². The predicted molar refractivity (Wildman–Crippen MR) is 163 cm³/mol. The topological polar surface area (TPSA) is 96.0 Å². The maximum atomic E-state index is 14.1. The third-order valence-corrected chi connectivity index (χ3v) is 8.75. The van der Waals surface area contributed by atoms with Crippen molar-refractivity contribution in [1.82, 2.24) is 10.2 Å². The van der Waals surface area contributed by atoms with E-state index in [2.05, 4.69) is 5.32 Å². The van der Waals surface area contributed by atoms with Gasteiger partial charge in [0.05, 0.1) is 17.7 Å². The van der Waals surface area contributed by atoms with E-state index in [1.54, 1.807) is 31.2 Å². The minimum absolute atomic E-state index is 0.0562. The summed E-state index contributed by atoms with van der Waals surface area (Å²) in [4.78, 5) is 28.6. The molecule has 220 valence electrons. The molecule has 0 aliphatic carbocycles. The van der Waals surface area contributed by atoms with E-state index in [-0.39, 0.29) is 23.0 Å². The van der Waals surface area contributed by atoms with Gasteiger partial charge >= 0.3 is 0 Å². The highest BCUT2D eigenvalue weighted by atomic mass is 32.2. The first kappa shape index (κ1) is 31.7. The van der Waals surface area contributed by atoms with Crippen molar-refractivity contribution in [3.05, 3.63) is 89.5 Å². The van der Waals surface area contributed by atoms with Gasteiger partial charge in [0.1, 0.15) is 18.3 Å².